The molecule has 0 bridgehead atoms. The Labute approximate surface area is 197 Å². The van der Waals surface area contributed by atoms with E-state index >= 15 is 0 Å². The highest BCUT2D eigenvalue weighted by Gasteiger charge is 2.26. The molecule has 2 aliphatic heterocycles. The Balaban J connectivity index is 1.59. The standard InChI is InChI=1S/C24H40N4O5/c1-2-3-9-25-24(30)27(11-6-10-26-12-16-31-17-13-26)20-23(29)28(18-21-7-4-14-32-21)19-22-8-5-15-33-22/h4,7,14,22H,2-3,5-6,8-13,15-20H2,1H3,(H,25,30). The van der Waals surface area contributed by atoms with E-state index in [1.807, 2.05) is 12.1 Å². The van der Waals surface area contributed by atoms with Gasteiger partial charge in [-0.15, -0.1) is 0 Å². The number of morpholine rings is 1. The second-order valence-corrected chi connectivity index (χ2v) is 8.80. The molecule has 2 aliphatic rings. The van der Waals surface area contributed by atoms with Crippen molar-refractivity contribution in [2.24, 2.45) is 0 Å². The summed E-state index contributed by atoms with van der Waals surface area (Å²) in [6, 6.07) is 3.52. The van der Waals surface area contributed by atoms with Gasteiger partial charge in [0.25, 0.3) is 0 Å². The third-order valence-corrected chi connectivity index (χ3v) is 6.15. The highest BCUT2D eigenvalue weighted by Crippen LogP contribution is 2.16. The zero-order valence-corrected chi connectivity index (χ0v) is 20.0. The maximum Gasteiger partial charge on any atom is 0.317 e. The first-order valence-corrected chi connectivity index (χ1v) is 12.4. The van der Waals surface area contributed by atoms with E-state index in [0.29, 0.717) is 26.2 Å². The van der Waals surface area contributed by atoms with E-state index in [-0.39, 0.29) is 24.6 Å². The SMILES string of the molecule is CCCCNC(=O)N(CCCN1CCOCC1)CC(=O)N(Cc1ccco1)CC1CCCO1. The van der Waals surface area contributed by atoms with Crippen LogP contribution in [0.4, 0.5) is 4.79 Å². The number of rotatable bonds is 13. The van der Waals surface area contributed by atoms with Gasteiger partial charge < -0.3 is 29.0 Å². The van der Waals surface area contributed by atoms with Crippen LogP contribution in [0.2, 0.25) is 0 Å². The summed E-state index contributed by atoms with van der Waals surface area (Å²) < 4.78 is 16.7. The fourth-order valence-electron chi connectivity index (χ4n) is 4.19. The van der Waals surface area contributed by atoms with Crippen LogP contribution < -0.4 is 5.32 Å². The molecule has 33 heavy (non-hydrogen) atoms. The maximum atomic E-state index is 13.3. The third-order valence-electron chi connectivity index (χ3n) is 6.15. The quantitative estimate of drug-likeness (QED) is 0.451. The van der Waals surface area contributed by atoms with Gasteiger partial charge in [0.15, 0.2) is 0 Å². The monoisotopic (exact) mass is 464 g/mol. The van der Waals surface area contributed by atoms with Gasteiger partial charge >= 0.3 is 6.03 Å². The van der Waals surface area contributed by atoms with Crippen molar-refractivity contribution in [2.75, 3.05) is 65.6 Å². The van der Waals surface area contributed by atoms with Crippen molar-refractivity contribution < 1.29 is 23.5 Å². The molecule has 1 N–H and O–H groups in total. The smallest absolute Gasteiger partial charge is 0.317 e. The number of hydrogen-bond acceptors (Lipinski definition) is 6. The number of amides is 3. The Bertz CT molecular complexity index is 687. The molecule has 9 nitrogen and oxygen atoms in total. The number of carbonyl (C=O) groups is 2. The first kappa shape index (κ1) is 25.5. The number of urea groups is 1. The van der Waals surface area contributed by atoms with Gasteiger partial charge in [-0.05, 0) is 37.8 Å². The van der Waals surface area contributed by atoms with Crippen LogP contribution in [0.25, 0.3) is 0 Å². The van der Waals surface area contributed by atoms with Crippen molar-refractivity contribution in [3.8, 4) is 0 Å². The summed E-state index contributed by atoms with van der Waals surface area (Å²) in [6.07, 6.45) is 6.36. The van der Waals surface area contributed by atoms with Gasteiger partial charge in [0.05, 0.1) is 32.1 Å². The van der Waals surface area contributed by atoms with Crippen LogP contribution in [0, 0.1) is 0 Å². The van der Waals surface area contributed by atoms with Crippen LogP contribution in [-0.2, 0) is 20.8 Å². The molecule has 186 valence electrons. The fraction of sp³-hybridized carbons (Fsp3) is 0.750. The second kappa shape index (κ2) is 14.2. The molecule has 2 fully saturated rings. The average Bonchev–Trinajstić information content (AvgIpc) is 3.53. The minimum atomic E-state index is -0.172. The molecule has 3 rings (SSSR count). The topological polar surface area (TPSA) is 87.5 Å². The van der Waals surface area contributed by atoms with Crippen molar-refractivity contribution >= 4 is 11.9 Å². The van der Waals surface area contributed by atoms with Crippen LogP contribution in [-0.4, -0.2) is 98.4 Å². The molecule has 1 atom stereocenters. The largest absolute Gasteiger partial charge is 0.467 e. The number of unbranched alkanes of at least 4 members (excludes halogenated alkanes) is 1. The number of hydrogen-bond donors (Lipinski definition) is 1. The van der Waals surface area contributed by atoms with Gasteiger partial charge in [0, 0.05) is 45.9 Å². The lowest BCUT2D eigenvalue weighted by Crippen LogP contribution is -2.49. The van der Waals surface area contributed by atoms with Crippen LogP contribution in [0.1, 0.15) is 44.8 Å². The van der Waals surface area contributed by atoms with E-state index < -0.39 is 0 Å². The summed E-state index contributed by atoms with van der Waals surface area (Å²) in [7, 11) is 0. The predicted octanol–water partition coefficient (Wildman–Crippen LogP) is 2.32. The van der Waals surface area contributed by atoms with Crippen molar-refractivity contribution in [2.45, 2.75) is 51.7 Å². The lowest BCUT2D eigenvalue weighted by atomic mass is 10.2. The van der Waals surface area contributed by atoms with Crippen molar-refractivity contribution in [3.05, 3.63) is 24.2 Å². The number of nitrogens with one attached hydrogen (secondary N) is 1. The van der Waals surface area contributed by atoms with E-state index in [1.165, 1.54) is 0 Å². The van der Waals surface area contributed by atoms with Crippen LogP contribution in [0.3, 0.4) is 0 Å². The second-order valence-electron chi connectivity index (χ2n) is 8.80. The van der Waals surface area contributed by atoms with E-state index in [9.17, 15) is 9.59 Å². The third kappa shape index (κ3) is 8.98. The Morgan fingerprint density at radius 3 is 2.73 bits per heavy atom. The minimum absolute atomic E-state index is 0.0389. The van der Waals surface area contributed by atoms with Gasteiger partial charge in [-0.3, -0.25) is 9.69 Å². The first-order chi connectivity index (χ1) is 16.2. The Kier molecular flexibility index (Phi) is 11.0. The molecule has 0 spiro atoms. The maximum absolute atomic E-state index is 13.3. The Morgan fingerprint density at radius 1 is 1.18 bits per heavy atom. The summed E-state index contributed by atoms with van der Waals surface area (Å²) in [5.41, 5.74) is 0. The van der Waals surface area contributed by atoms with Crippen molar-refractivity contribution in [3.63, 3.8) is 0 Å². The predicted molar refractivity (Wildman–Crippen MR) is 125 cm³/mol. The van der Waals surface area contributed by atoms with Gasteiger partial charge in [-0.25, -0.2) is 4.79 Å². The van der Waals surface area contributed by atoms with Gasteiger partial charge in [0.2, 0.25) is 5.91 Å². The summed E-state index contributed by atoms with van der Waals surface area (Å²) in [6.45, 7) is 9.16. The molecule has 0 saturated carbocycles. The highest BCUT2D eigenvalue weighted by molar-refractivity contribution is 5.84. The lowest BCUT2D eigenvalue weighted by molar-refractivity contribution is -0.134. The zero-order chi connectivity index (χ0) is 23.3. The molecule has 9 heteroatoms. The molecule has 0 radical (unpaired) electrons. The highest BCUT2D eigenvalue weighted by atomic mass is 16.5. The van der Waals surface area contributed by atoms with Crippen molar-refractivity contribution in [1.29, 1.82) is 0 Å². The van der Waals surface area contributed by atoms with E-state index in [0.717, 1.165) is 77.3 Å². The van der Waals surface area contributed by atoms with Crippen molar-refractivity contribution in [1.82, 2.24) is 20.0 Å². The Hall–Kier alpha value is -2.10. The average molecular weight is 465 g/mol. The summed E-state index contributed by atoms with van der Waals surface area (Å²) in [5.74, 6) is 0.645. The summed E-state index contributed by atoms with van der Waals surface area (Å²) in [4.78, 5) is 32.0. The van der Waals surface area contributed by atoms with Gasteiger partial charge in [0.1, 0.15) is 12.3 Å². The molecular weight excluding hydrogens is 424 g/mol. The Morgan fingerprint density at radius 2 is 2.03 bits per heavy atom. The molecule has 0 aromatic carbocycles. The fourth-order valence-corrected chi connectivity index (χ4v) is 4.19. The molecule has 2 saturated heterocycles. The normalized spacial score (nSPS) is 18.9. The molecule has 1 aromatic heterocycles. The van der Waals surface area contributed by atoms with Gasteiger partial charge in [-0.2, -0.15) is 0 Å². The zero-order valence-electron chi connectivity index (χ0n) is 20.0. The van der Waals surface area contributed by atoms with E-state index in [4.69, 9.17) is 13.9 Å². The first-order valence-electron chi connectivity index (χ1n) is 12.4. The molecule has 1 aromatic rings. The number of ether oxygens (including phenoxy) is 2. The molecule has 3 heterocycles. The lowest BCUT2D eigenvalue weighted by Gasteiger charge is -2.30. The minimum Gasteiger partial charge on any atom is -0.467 e. The van der Waals surface area contributed by atoms with Gasteiger partial charge in [-0.1, -0.05) is 13.3 Å². The molecular formula is C24H40N4O5. The van der Waals surface area contributed by atoms with E-state index in [1.54, 1.807) is 16.1 Å². The van der Waals surface area contributed by atoms with Crippen LogP contribution in [0.15, 0.2) is 22.8 Å². The molecule has 0 aliphatic carbocycles. The molecule has 1 unspecified atom stereocenters. The summed E-state index contributed by atoms with van der Waals surface area (Å²) in [5, 5.41) is 2.97. The number of nitrogens with zero attached hydrogens (tertiary/aromatic N) is 3. The van der Waals surface area contributed by atoms with E-state index in [2.05, 4.69) is 17.1 Å². The molecule has 3 amide bonds. The summed E-state index contributed by atoms with van der Waals surface area (Å²) >= 11 is 0. The van der Waals surface area contributed by atoms with Crippen LogP contribution >= 0.6 is 0 Å². The van der Waals surface area contributed by atoms with Crippen LogP contribution in [0.5, 0.6) is 0 Å². The number of carbonyl (C=O) groups excluding carboxylic acids is 2. The number of furan rings is 1.